The van der Waals surface area contributed by atoms with E-state index in [1.807, 2.05) is 6.08 Å². The molecule has 2 heterocycles. The molecule has 0 fully saturated rings. The molecular weight excluding hydrogens is 308 g/mol. The minimum absolute atomic E-state index is 0.329. The van der Waals surface area contributed by atoms with Crippen molar-refractivity contribution in [1.82, 2.24) is 4.98 Å². The monoisotopic (exact) mass is 324 g/mol. The van der Waals surface area contributed by atoms with Crippen LogP contribution in [0.4, 0.5) is 16.2 Å². The molecule has 122 valence electrons. The number of esters is 1. The lowest BCUT2D eigenvalue weighted by Gasteiger charge is -2.05. The highest BCUT2D eigenvalue weighted by molar-refractivity contribution is 6.21. The summed E-state index contributed by atoms with van der Waals surface area (Å²) in [5.74, 6) is -0.369. The second-order valence-corrected chi connectivity index (χ2v) is 5.14. The number of H-pyrrole nitrogens is 1. The predicted octanol–water partition coefficient (Wildman–Crippen LogP) is 2.94. The van der Waals surface area contributed by atoms with Crippen molar-refractivity contribution in [2.45, 2.75) is 6.92 Å². The SMILES string of the molecule is CCOC(=O)c1c[nH]c(C=C2C=Nc3ccc(NC(N)=O)cc32)c1. The van der Waals surface area contributed by atoms with E-state index in [4.69, 9.17) is 10.5 Å². The molecular formula is C17H16N4O3. The molecule has 0 saturated carbocycles. The predicted molar refractivity (Wildman–Crippen MR) is 92.4 cm³/mol. The Balaban J connectivity index is 1.87. The molecule has 1 aliphatic rings. The summed E-state index contributed by atoms with van der Waals surface area (Å²) < 4.78 is 4.96. The van der Waals surface area contributed by atoms with Crippen molar-refractivity contribution in [1.29, 1.82) is 0 Å². The highest BCUT2D eigenvalue weighted by Gasteiger charge is 2.14. The van der Waals surface area contributed by atoms with E-state index in [1.54, 1.807) is 43.6 Å². The van der Waals surface area contributed by atoms with Crippen LogP contribution in [0.5, 0.6) is 0 Å². The highest BCUT2D eigenvalue weighted by atomic mass is 16.5. The van der Waals surface area contributed by atoms with Gasteiger partial charge in [-0.05, 0) is 37.3 Å². The number of carbonyl (C=O) groups is 2. The number of aliphatic imine (C=N–C) groups is 1. The topological polar surface area (TPSA) is 110 Å². The van der Waals surface area contributed by atoms with E-state index in [2.05, 4.69) is 15.3 Å². The summed E-state index contributed by atoms with van der Waals surface area (Å²) in [7, 11) is 0. The fourth-order valence-electron chi connectivity index (χ4n) is 2.42. The number of nitrogens with zero attached hydrogens (tertiary/aromatic N) is 1. The number of hydrogen-bond donors (Lipinski definition) is 3. The van der Waals surface area contributed by atoms with E-state index < -0.39 is 6.03 Å². The number of anilines is 1. The van der Waals surface area contributed by atoms with Gasteiger partial charge < -0.3 is 20.8 Å². The summed E-state index contributed by atoms with van der Waals surface area (Å²) in [5.41, 5.74) is 9.47. The molecule has 0 aliphatic carbocycles. The number of hydrogen-bond acceptors (Lipinski definition) is 4. The largest absolute Gasteiger partial charge is 0.462 e. The standard InChI is InChI=1S/C17H16N4O3/c1-2-24-16(22)11-6-13(19-9-11)5-10-8-20-15-4-3-12(7-14(10)15)21-17(18)23/h3-9,19H,2H2,1H3,(H3,18,21,23). The average Bonchev–Trinajstić information content (AvgIpc) is 3.15. The number of primary amides is 1. The van der Waals surface area contributed by atoms with E-state index in [1.165, 1.54) is 0 Å². The summed E-state index contributed by atoms with van der Waals surface area (Å²) in [6, 6.07) is 6.42. The van der Waals surface area contributed by atoms with Gasteiger partial charge >= 0.3 is 12.0 Å². The van der Waals surface area contributed by atoms with Gasteiger partial charge in [0.1, 0.15) is 0 Å². The Morgan fingerprint density at radius 1 is 1.38 bits per heavy atom. The molecule has 24 heavy (non-hydrogen) atoms. The average molecular weight is 324 g/mol. The summed E-state index contributed by atoms with van der Waals surface area (Å²) in [6.45, 7) is 2.09. The highest BCUT2D eigenvalue weighted by Crippen LogP contribution is 2.34. The molecule has 1 aromatic carbocycles. The van der Waals surface area contributed by atoms with Crippen LogP contribution in [0.3, 0.4) is 0 Å². The first-order valence-electron chi connectivity index (χ1n) is 7.39. The van der Waals surface area contributed by atoms with Crippen LogP contribution in [0.1, 0.15) is 28.5 Å². The second-order valence-electron chi connectivity index (χ2n) is 5.14. The van der Waals surface area contributed by atoms with Crippen molar-refractivity contribution < 1.29 is 14.3 Å². The number of amides is 2. The first-order chi connectivity index (χ1) is 11.6. The molecule has 0 saturated heterocycles. The number of fused-ring (bicyclic) bond motifs is 1. The van der Waals surface area contributed by atoms with Gasteiger partial charge in [-0.25, -0.2) is 9.59 Å². The lowest BCUT2D eigenvalue weighted by molar-refractivity contribution is 0.0526. The number of aromatic nitrogens is 1. The summed E-state index contributed by atoms with van der Waals surface area (Å²) in [6.07, 6.45) is 5.19. The fourth-order valence-corrected chi connectivity index (χ4v) is 2.42. The Morgan fingerprint density at radius 3 is 2.96 bits per heavy atom. The van der Waals surface area contributed by atoms with Gasteiger partial charge in [-0.2, -0.15) is 0 Å². The Kier molecular flexibility index (Phi) is 4.15. The molecule has 0 spiro atoms. The molecule has 0 atom stereocenters. The van der Waals surface area contributed by atoms with E-state index in [-0.39, 0.29) is 5.97 Å². The van der Waals surface area contributed by atoms with Crippen LogP contribution < -0.4 is 11.1 Å². The Hall–Kier alpha value is -3.35. The Morgan fingerprint density at radius 2 is 2.21 bits per heavy atom. The second kappa shape index (κ2) is 6.41. The number of benzene rings is 1. The van der Waals surface area contributed by atoms with E-state index >= 15 is 0 Å². The molecule has 7 heteroatoms. The minimum atomic E-state index is -0.622. The Bertz CT molecular complexity index is 864. The number of aromatic amines is 1. The zero-order valence-electron chi connectivity index (χ0n) is 13.0. The van der Waals surface area contributed by atoms with Crippen molar-refractivity contribution in [3.8, 4) is 0 Å². The third-order valence-corrected chi connectivity index (χ3v) is 3.45. The van der Waals surface area contributed by atoms with Crippen LogP contribution in [0, 0.1) is 0 Å². The molecule has 0 radical (unpaired) electrons. The molecule has 1 aromatic heterocycles. The Labute approximate surface area is 138 Å². The molecule has 0 bridgehead atoms. The number of carbonyl (C=O) groups excluding carboxylic acids is 2. The van der Waals surface area contributed by atoms with E-state index in [9.17, 15) is 9.59 Å². The van der Waals surface area contributed by atoms with Crippen LogP contribution in [-0.4, -0.2) is 29.8 Å². The number of urea groups is 1. The maximum absolute atomic E-state index is 11.7. The smallest absolute Gasteiger partial charge is 0.339 e. The van der Waals surface area contributed by atoms with Crippen LogP contribution in [0.2, 0.25) is 0 Å². The van der Waals surface area contributed by atoms with Crippen LogP contribution in [-0.2, 0) is 4.74 Å². The maximum atomic E-state index is 11.7. The van der Waals surface area contributed by atoms with Crippen LogP contribution >= 0.6 is 0 Å². The number of nitrogens with two attached hydrogens (primary N) is 1. The maximum Gasteiger partial charge on any atom is 0.339 e. The van der Waals surface area contributed by atoms with Gasteiger partial charge in [0.25, 0.3) is 0 Å². The van der Waals surface area contributed by atoms with Gasteiger partial charge in [-0.1, -0.05) is 0 Å². The van der Waals surface area contributed by atoms with Gasteiger partial charge in [-0.3, -0.25) is 4.99 Å². The van der Waals surface area contributed by atoms with Gasteiger partial charge in [0.15, 0.2) is 0 Å². The van der Waals surface area contributed by atoms with Crippen molar-refractivity contribution in [2.75, 3.05) is 11.9 Å². The van der Waals surface area contributed by atoms with Gasteiger partial charge in [-0.15, -0.1) is 0 Å². The zero-order valence-corrected chi connectivity index (χ0v) is 13.0. The van der Waals surface area contributed by atoms with Crippen LogP contribution in [0.25, 0.3) is 11.6 Å². The molecule has 2 aromatic rings. The number of rotatable bonds is 4. The van der Waals surface area contributed by atoms with Crippen LogP contribution in [0.15, 0.2) is 35.5 Å². The first-order valence-corrected chi connectivity index (χ1v) is 7.39. The summed E-state index contributed by atoms with van der Waals surface area (Å²) in [4.78, 5) is 30.0. The van der Waals surface area contributed by atoms with Gasteiger partial charge in [0.05, 0.1) is 17.9 Å². The van der Waals surface area contributed by atoms with Crippen molar-refractivity contribution in [3.05, 3.63) is 47.3 Å². The van der Waals surface area contributed by atoms with Gasteiger partial charge in [0.2, 0.25) is 0 Å². The molecule has 1 aliphatic heterocycles. The zero-order chi connectivity index (χ0) is 17.1. The normalized spacial score (nSPS) is 13.8. The van der Waals surface area contributed by atoms with Crippen molar-refractivity contribution >= 4 is 41.2 Å². The molecule has 3 rings (SSSR count). The minimum Gasteiger partial charge on any atom is -0.462 e. The molecule has 4 N–H and O–H groups in total. The number of ether oxygens (including phenoxy) is 1. The first kappa shape index (κ1) is 15.5. The third kappa shape index (κ3) is 3.19. The van der Waals surface area contributed by atoms with E-state index in [0.29, 0.717) is 17.9 Å². The summed E-state index contributed by atoms with van der Waals surface area (Å²) >= 11 is 0. The van der Waals surface area contributed by atoms with Crippen molar-refractivity contribution in [3.63, 3.8) is 0 Å². The fraction of sp³-hybridized carbons (Fsp3) is 0.118. The summed E-state index contributed by atoms with van der Waals surface area (Å²) in [5, 5.41) is 2.54. The molecule has 7 nitrogen and oxygen atoms in total. The number of allylic oxidation sites excluding steroid dienone is 1. The molecule has 2 amide bonds. The number of nitrogens with one attached hydrogen (secondary N) is 2. The van der Waals surface area contributed by atoms with E-state index in [0.717, 1.165) is 22.5 Å². The lowest BCUT2D eigenvalue weighted by Crippen LogP contribution is -2.19. The molecule has 0 unspecified atom stereocenters. The van der Waals surface area contributed by atoms with Gasteiger partial charge in [0, 0.05) is 34.9 Å². The quantitative estimate of drug-likeness (QED) is 0.752. The lowest BCUT2D eigenvalue weighted by atomic mass is 10.1. The van der Waals surface area contributed by atoms with Crippen molar-refractivity contribution in [2.24, 2.45) is 10.7 Å². The third-order valence-electron chi connectivity index (χ3n) is 3.45.